The normalized spacial score (nSPS) is 10.6. The van der Waals surface area contributed by atoms with Crippen LogP contribution in [0.4, 0.5) is 0 Å². The molecule has 1 aromatic heterocycles. The third kappa shape index (κ3) is 2.36. The minimum absolute atomic E-state index is 0.0136. The summed E-state index contributed by atoms with van der Waals surface area (Å²) < 4.78 is 1.28. The molecular formula is C12H12ClNOS. The molecule has 1 N–H and O–H groups in total. The summed E-state index contributed by atoms with van der Waals surface area (Å²) in [5, 5.41) is 6.17. The highest BCUT2D eigenvalue weighted by molar-refractivity contribution is 7.17. The molecule has 0 radical (unpaired) electrons. The maximum atomic E-state index is 11.0. The van der Waals surface area contributed by atoms with E-state index in [-0.39, 0.29) is 11.8 Å². The Bertz CT molecular complexity index is 521. The van der Waals surface area contributed by atoms with Crippen LogP contribution in [0.1, 0.15) is 11.1 Å². The summed E-state index contributed by atoms with van der Waals surface area (Å²) in [6.07, 6.45) is 0. The van der Waals surface area contributed by atoms with E-state index in [9.17, 15) is 4.79 Å². The van der Waals surface area contributed by atoms with E-state index in [1.54, 1.807) is 11.3 Å². The molecule has 0 unspecified atom stereocenters. The van der Waals surface area contributed by atoms with Crippen molar-refractivity contribution in [2.75, 3.05) is 5.88 Å². The minimum atomic E-state index is -0.135. The van der Waals surface area contributed by atoms with Crippen molar-refractivity contribution in [1.82, 2.24) is 5.32 Å². The van der Waals surface area contributed by atoms with Gasteiger partial charge in [-0.1, -0.05) is 6.07 Å². The maximum absolute atomic E-state index is 11.0. The first-order valence-electron chi connectivity index (χ1n) is 5.00. The predicted octanol–water partition coefficient (Wildman–Crippen LogP) is 3.06. The van der Waals surface area contributed by atoms with Crippen LogP contribution in [0.25, 0.3) is 10.1 Å². The van der Waals surface area contributed by atoms with Gasteiger partial charge in [0.15, 0.2) is 0 Å². The number of alkyl halides is 1. The fourth-order valence-electron chi connectivity index (χ4n) is 1.56. The molecule has 16 heavy (non-hydrogen) atoms. The molecule has 84 valence electrons. The number of nitrogens with one attached hydrogen (secondary N) is 1. The predicted molar refractivity (Wildman–Crippen MR) is 69.1 cm³/mol. The first-order chi connectivity index (χ1) is 7.70. The number of hydrogen-bond acceptors (Lipinski definition) is 2. The molecule has 0 aliphatic heterocycles. The van der Waals surface area contributed by atoms with Crippen molar-refractivity contribution in [1.29, 1.82) is 0 Å². The summed E-state index contributed by atoms with van der Waals surface area (Å²) >= 11 is 7.15. The van der Waals surface area contributed by atoms with E-state index >= 15 is 0 Å². The molecule has 0 atom stereocenters. The second kappa shape index (κ2) is 4.85. The second-order valence-electron chi connectivity index (χ2n) is 3.66. The zero-order chi connectivity index (χ0) is 11.5. The Morgan fingerprint density at radius 3 is 3.06 bits per heavy atom. The van der Waals surface area contributed by atoms with Gasteiger partial charge in [-0.05, 0) is 40.9 Å². The zero-order valence-electron chi connectivity index (χ0n) is 8.92. The molecule has 0 aliphatic carbocycles. The van der Waals surface area contributed by atoms with Crippen molar-refractivity contribution in [3.05, 3.63) is 34.7 Å². The van der Waals surface area contributed by atoms with Crippen LogP contribution in [-0.4, -0.2) is 11.8 Å². The summed E-state index contributed by atoms with van der Waals surface area (Å²) in [5.74, 6) is -0.122. The van der Waals surface area contributed by atoms with Crippen molar-refractivity contribution < 1.29 is 4.79 Å². The van der Waals surface area contributed by atoms with Crippen molar-refractivity contribution >= 4 is 38.9 Å². The average Bonchev–Trinajstić information content (AvgIpc) is 2.68. The van der Waals surface area contributed by atoms with Gasteiger partial charge in [0.05, 0.1) is 0 Å². The van der Waals surface area contributed by atoms with Crippen molar-refractivity contribution in [2.24, 2.45) is 0 Å². The van der Waals surface area contributed by atoms with Crippen LogP contribution in [0.15, 0.2) is 23.6 Å². The lowest BCUT2D eigenvalue weighted by atomic mass is 10.1. The van der Waals surface area contributed by atoms with Crippen LogP contribution >= 0.6 is 22.9 Å². The monoisotopic (exact) mass is 253 g/mol. The summed E-state index contributed by atoms with van der Waals surface area (Å²) in [7, 11) is 0. The Hall–Kier alpha value is -1.06. The minimum Gasteiger partial charge on any atom is -0.351 e. The van der Waals surface area contributed by atoms with Crippen LogP contribution in [-0.2, 0) is 11.3 Å². The Balaban J connectivity index is 2.19. The molecule has 2 rings (SSSR count). The highest BCUT2D eigenvalue weighted by atomic mass is 35.5. The van der Waals surface area contributed by atoms with E-state index in [1.165, 1.54) is 15.6 Å². The highest BCUT2D eigenvalue weighted by Gasteiger charge is 2.03. The lowest BCUT2D eigenvalue weighted by Gasteiger charge is -2.03. The number of fused-ring (bicyclic) bond motifs is 1. The summed E-state index contributed by atoms with van der Waals surface area (Å²) in [4.78, 5) is 11.0. The number of carbonyl (C=O) groups excluding carboxylic acids is 1. The smallest absolute Gasteiger partial charge is 0.235 e. The van der Waals surface area contributed by atoms with Gasteiger partial charge in [-0.2, -0.15) is 0 Å². The Morgan fingerprint density at radius 1 is 1.50 bits per heavy atom. The van der Waals surface area contributed by atoms with Gasteiger partial charge in [-0.15, -0.1) is 22.9 Å². The topological polar surface area (TPSA) is 29.1 Å². The first-order valence-corrected chi connectivity index (χ1v) is 6.41. The molecule has 2 nitrogen and oxygen atoms in total. The highest BCUT2D eigenvalue weighted by Crippen LogP contribution is 2.26. The van der Waals surface area contributed by atoms with Crippen molar-refractivity contribution in [3.63, 3.8) is 0 Å². The SMILES string of the molecule is Cc1csc2ccc(CNC(=O)CCl)cc12. The van der Waals surface area contributed by atoms with E-state index in [0.29, 0.717) is 6.54 Å². The Labute approximate surface area is 103 Å². The zero-order valence-corrected chi connectivity index (χ0v) is 10.5. The molecule has 0 spiro atoms. The molecule has 0 bridgehead atoms. The molecule has 1 aromatic carbocycles. The number of rotatable bonds is 3. The quantitative estimate of drug-likeness (QED) is 0.837. The molecule has 4 heteroatoms. The van der Waals surface area contributed by atoms with Crippen LogP contribution in [0.2, 0.25) is 0 Å². The van der Waals surface area contributed by atoms with E-state index < -0.39 is 0 Å². The second-order valence-corrected chi connectivity index (χ2v) is 4.84. The number of benzene rings is 1. The van der Waals surface area contributed by atoms with Gasteiger partial charge in [-0.25, -0.2) is 0 Å². The van der Waals surface area contributed by atoms with Gasteiger partial charge in [0.2, 0.25) is 5.91 Å². The first kappa shape index (κ1) is 11.4. The van der Waals surface area contributed by atoms with E-state index in [2.05, 4.69) is 29.8 Å². The third-order valence-corrected chi connectivity index (χ3v) is 3.77. The summed E-state index contributed by atoms with van der Waals surface area (Å²) in [5.41, 5.74) is 2.39. The van der Waals surface area contributed by atoms with Gasteiger partial charge >= 0.3 is 0 Å². The van der Waals surface area contributed by atoms with Crippen LogP contribution in [0.5, 0.6) is 0 Å². The molecule has 1 heterocycles. The number of hydrogen-bond donors (Lipinski definition) is 1. The third-order valence-electron chi connectivity index (χ3n) is 2.44. The van der Waals surface area contributed by atoms with Gasteiger partial charge < -0.3 is 5.32 Å². The maximum Gasteiger partial charge on any atom is 0.235 e. The van der Waals surface area contributed by atoms with Crippen LogP contribution in [0, 0.1) is 6.92 Å². The number of thiophene rings is 1. The van der Waals surface area contributed by atoms with Crippen LogP contribution < -0.4 is 5.32 Å². The van der Waals surface area contributed by atoms with Crippen molar-refractivity contribution in [3.8, 4) is 0 Å². The number of halogens is 1. The van der Waals surface area contributed by atoms with E-state index in [4.69, 9.17) is 11.6 Å². The standard InChI is InChI=1S/C12H12ClNOS/c1-8-7-16-11-3-2-9(4-10(8)11)6-14-12(15)5-13/h2-4,7H,5-6H2,1H3,(H,14,15). The molecular weight excluding hydrogens is 242 g/mol. The van der Waals surface area contributed by atoms with E-state index in [1.807, 2.05) is 6.07 Å². The Kier molecular flexibility index (Phi) is 3.46. The number of amides is 1. The van der Waals surface area contributed by atoms with Gasteiger partial charge in [0.1, 0.15) is 5.88 Å². The summed E-state index contributed by atoms with van der Waals surface area (Å²) in [6.45, 7) is 2.64. The molecule has 0 saturated carbocycles. The van der Waals surface area contributed by atoms with Gasteiger partial charge in [0, 0.05) is 11.2 Å². The number of carbonyl (C=O) groups is 1. The average molecular weight is 254 g/mol. The largest absolute Gasteiger partial charge is 0.351 e. The molecule has 2 aromatic rings. The van der Waals surface area contributed by atoms with E-state index in [0.717, 1.165) is 5.56 Å². The summed E-state index contributed by atoms with van der Waals surface area (Å²) in [6, 6.07) is 6.25. The van der Waals surface area contributed by atoms with Gasteiger partial charge in [-0.3, -0.25) is 4.79 Å². The molecule has 0 aliphatic rings. The Morgan fingerprint density at radius 2 is 2.31 bits per heavy atom. The molecule has 1 amide bonds. The van der Waals surface area contributed by atoms with Crippen molar-refractivity contribution in [2.45, 2.75) is 13.5 Å². The van der Waals surface area contributed by atoms with Crippen LogP contribution in [0.3, 0.4) is 0 Å². The number of aryl methyl sites for hydroxylation is 1. The van der Waals surface area contributed by atoms with Gasteiger partial charge in [0.25, 0.3) is 0 Å². The fraction of sp³-hybridized carbons (Fsp3) is 0.250. The lowest BCUT2D eigenvalue weighted by Crippen LogP contribution is -2.23. The lowest BCUT2D eigenvalue weighted by molar-refractivity contribution is -0.118. The molecule has 0 saturated heterocycles. The molecule has 0 fully saturated rings. The fourth-order valence-corrected chi connectivity index (χ4v) is 2.58.